The first-order valence-electron chi connectivity index (χ1n) is 37.2. The molecule has 0 heterocycles. The Morgan fingerprint density at radius 3 is 1.10 bits per heavy atom. The van der Waals surface area contributed by atoms with Crippen molar-refractivity contribution < 1.29 is 37.3 Å². The lowest BCUT2D eigenvalue weighted by Crippen LogP contribution is -2.47. The molecule has 0 saturated carbocycles. The molecule has 0 aliphatic carbocycles. The minimum atomic E-state index is -4.47. The number of allylic oxidation sites excluding steroid dienone is 17. The number of hydrogen-bond donors (Lipinski definition) is 2. The summed E-state index contributed by atoms with van der Waals surface area (Å²) in [4.78, 5) is 38.0. The lowest BCUT2D eigenvalue weighted by Gasteiger charge is -2.27. The fourth-order valence-electron chi connectivity index (χ4n) is 10.5. The molecule has 0 spiro atoms. The average molecular weight is 1260 g/mol. The lowest BCUT2D eigenvalue weighted by molar-refractivity contribution is -0.870. The maximum absolute atomic E-state index is 13.7. The molecular weight excluding hydrogens is 1120 g/mol. The van der Waals surface area contributed by atoms with Crippen LogP contribution in [0.5, 0.6) is 0 Å². The molecular formula is C79H142N2O7P+. The van der Waals surface area contributed by atoms with Crippen molar-refractivity contribution >= 4 is 19.7 Å². The number of likely N-dealkylation sites (N-methyl/N-ethyl adjacent to an activating group) is 1. The Morgan fingerprint density at radius 1 is 0.404 bits per heavy atom. The van der Waals surface area contributed by atoms with Crippen molar-refractivity contribution in [2.45, 2.75) is 341 Å². The molecule has 0 saturated heterocycles. The van der Waals surface area contributed by atoms with E-state index in [1.54, 1.807) is 0 Å². The number of phosphoric ester groups is 1. The zero-order valence-corrected chi connectivity index (χ0v) is 59.8. The molecule has 3 unspecified atom stereocenters. The highest BCUT2D eigenvalue weighted by Crippen LogP contribution is 2.43. The van der Waals surface area contributed by atoms with Gasteiger partial charge in [0, 0.05) is 12.8 Å². The van der Waals surface area contributed by atoms with Gasteiger partial charge in [-0.1, -0.05) is 310 Å². The standard InChI is InChI=1S/C79H141N2O7P/c1-7-10-13-16-19-22-25-28-30-32-34-36-38-39-40-41-43-44-46-48-50-53-56-59-62-65-68-71-78(82)80-76(75-87-89(84,85)86-74-73-81(4,5)6)77(70-67-64-61-58-55-52-27-24-21-18-15-12-9-3)88-79(83)72-69-66-63-60-57-54-51-49-47-45-42-37-35-33-31-29-26-23-20-17-14-11-8-2/h11,14,19-20,22-23,28-31,35,37,45,47,51,54,67,70,76-77H,7-10,12-13,15-18,21,24-27,32-34,36,38-44,46,48-50,52-53,55-66,68-69,71-75H2,1-6H3,(H-,80,82,84,85)/p+1/b14-11-,22-19-,23-20-,30-28-,31-29-,37-35-,47-45-,54-51-,70-67-. The number of carbonyl (C=O) groups is 2. The molecule has 3 atom stereocenters. The molecule has 0 bridgehead atoms. The van der Waals surface area contributed by atoms with E-state index < -0.39 is 20.0 Å². The molecule has 2 N–H and O–H groups in total. The molecule has 0 aliphatic heterocycles. The molecule has 0 aromatic heterocycles. The van der Waals surface area contributed by atoms with E-state index in [0.29, 0.717) is 23.9 Å². The normalized spacial score (nSPS) is 14.1. The molecule has 0 aliphatic rings. The number of rotatable bonds is 67. The van der Waals surface area contributed by atoms with Gasteiger partial charge in [-0.05, 0) is 115 Å². The SMILES string of the molecule is CC/C=C\C/C=C\C/C=C\C/C=C\C/C=C\C/C=C\CCCCCCC(=O)OC(/C=C\CCCCCCCCCCCCC)C(COP(=O)(O)OCC[N+](C)(C)C)NC(=O)CCCCCCCCCCCCCCCCCCC/C=C\C/C=C\CCCCC. The number of quaternary nitrogens is 1. The summed E-state index contributed by atoms with van der Waals surface area (Å²) in [6.07, 6.45) is 93.9. The maximum Gasteiger partial charge on any atom is 0.472 e. The highest BCUT2D eigenvalue weighted by molar-refractivity contribution is 7.47. The van der Waals surface area contributed by atoms with Crippen LogP contribution in [-0.4, -0.2) is 74.3 Å². The van der Waals surface area contributed by atoms with Crippen molar-refractivity contribution in [1.29, 1.82) is 0 Å². The van der Waals surface area contributed by atoms with Crippen LogP contribution in [0.1, 0.15) is 329 Å². The second-order valence-electron chi connectivity index (χ2n) is 26.1. The van der Waals surface area contributed by atoms with E-state index in [9.17, 15) is 19.0 Å². The van der Waals surface area contributed by atoms with Crippen LogP contribution in [0.3, 0.4) is 0 Å². The summed E-state index contributed by atoms with van der Waals surface area (Å²) in [6, 6.07) is -0.866. The molecule has 9 nitrogen and oxygen atoms in total. The van der Waals surface area contributed by atoms with Crippen molar-refractivity contribution in [3.8, 4) is 0 Å². The Hall–Kier alpha value is -3.33. The summed E-state index contributed by atoms with van der Waals surface area (Å²) in [7, 11) is 1.48. The minimum absolute atomic E-state index is 0.0321. The Labute approximate surface area is 551 Å². The van der Waals surface area contributed by atoms with Gasteiger partial charge in [-0.15, -0.1) is 0 Å². The van der Waals surface area contributed by atoms with E-state index in [-0.39, 0.29) is 31.5 Å². The van der Waals surface area contributed by atoms with Crippen LogP contribution in [0, 0.1) is 0 Å². The first kappa shape index (κ1) is 85.7. The minimum Gasteiger partial charge on any atom is -0.456 e. The van der Waals surface area contributed by atoms with Gasteiger partial charge in [0.15, 0.2) is 0 Å². The summed E-state index contributed by atoms with van der Waals surface area (Å²) in [6.45, 7) is 6.89. The van der Waals surface area contributed by atoms with Crippen molar-refractivity contribution in [3.05, 3.63) is 109 Å². The Morgan fingerprint density at radius 2 is 0.719 bits per heavy atom. The molecule has 10 heteroatoms. The Balaban J connectivity index is 5.09. The van der Waals surface area contributed by atoms with Crippen molar-refractivity contribution in [3.63, 3.8) is 0 Å². The third-order valence-electron chi connectivity index (χ3n) is 16.2. The summed E-state index contributed by atoms with van der Waals surface area (Å²) in [5, 5.41) is 3.07. The Bertz CT molecular complexity index is 1890. The fraction of sp³-hybridized carbons (Fsp3) is 0.747. The van der Waals surface area contributed by atoms with E-state index in [0.717, 1.165) is 109 Å². The second-order valence-corrected chi connectivity index (χ2v) is 27.5. The van der Waals surface area contributed by atoms with Gasteiger partial charge < -0.3 is 19.4 Å². The quantitative estimate of drug-likeness (QED) is 0.0205. The molecule has 0 rings (SSSR count). The topological polar surface area (TPSA) is 111 Å². The maximum atomic E-state index is 13.7. The van der Waals surface area contributed by atoms with Crippen LogP contribution in [-0.2, 0) is 27.9 Å². The van der Waals surface area contributed by atoms with Crippen LogP contribution < -0.4 is 5.32 Å². The van der Waals surface area contributed by atoms with Crippen LogP contribution in [0.2, 0.25) is 0 Å². The van der Waals surface area contributed by atoms with Crippen LogP contribution in [0.4, 0.5) is 0 Å². The van der Waals surface area contributed by atoms with Gasteiger partial charge in [0.25, 0.3) is 0 Å². The zero-order chi connectivity index (χ0) is 64.9. The smallest absolute Gasteiger partial charge is 0.456 e. The first-order valence-corrected chi connectivity index (χ1v) is 38.7. The third kappa shape index (κ3) is 68.9. The number of esters is 1. The predicted molar refractivity (Wildman–Crippen MR) is 387 cm³/mol. The van der Waals surface area contributed by atoms with Gasteiger partial charge >= 0.3 is 13.8 Å². The van der Waals surface area contributed by atoms with Gasteiger partial charge in [0.2, 0.25) is 5.91 Å². The van der Waals surface area contributed by atoms with Gasteiger partial charge in [-0.2, -0.15) is 0 Å². The van der Waals surface area contributed by atoms with E-state index in [1.165, 1.54) is 180 Å². The molecule has 514 valence electrons. The first-order chi connectivity index (χ1) is 43.4. The second kappa shape index (κ2) is 67.6. The number of nitrogens with one attached hydrogen (secondary N) is 1. The summed E-state index contributed by atoms with van der Waals surface area (Å²) in [5.41, 5.74) is 0. The number of nitrogens with zero attached hydrogens (tertiary/aromatic N) is 1. The van der Waals surface area contributed by atoms with Gasteiger partial charge in [0.05, 0.1) is 33.8 Å². The van der Waals surface area contributed by atoms with Crippen molar-refractivity contribution in [2.75, 3.05) is 40.9 Å². The van der Waals surface area contributed by atoms with Crippen LogP contribution in [0.25, 0.3) is 0 Å². The average Bonchev–Trinajstić information content (AvgIpc) is 3.57. The van der Waals surface area contributed by atoms with Gasteiger partial charge in [-0.3, -0.25) is 18.6 Å². The van der Waals surface area contributed by atoms with Crippen LogP contribution in [0.15, 0.2) is 109 Å². The van der Waals surface area contributed by atoms with E-state index in [1.807, 2.05) is 33.3 Å². The van der Waals surface area contributed by atoms with Crippen LogP contribution >= 0.6 is 7.82 Å². The van der Waals surface area contributed by atoms with Crippen molar-refractivity contribution in [1.82, 2.24) is 5.32 Å². The largest absolute Gasteiger partial charge is 0.472 e. The number of ether oxygens (including phenoxy) is 1. The summed E-state index contributed by atoms with van der Waals surface area (Å²) < 4.78 is 30.9. The monoisotopic (exact) mass is 1260 g/mol. The molecule has 0 fully saturated rings. The van der Waals surface area contributed by atoms with Crippen molar-refractivity contribution in [2.24, 2.45) is 0 Å². The molecule has 1 amide bonds. The number of unbranched alkanes of at least 4 members (excludes halogenated alkanes) is 35. The predicted octanol–water partition coefficient (Wildman–Crippen LogP) is 24.0. The van der Waals surface area contributed by atoms with E-state index in [2.05, 4.69) is 123 Å². The van der Waals surface area contributed by atoms with Gasteiger partial charge in [0.1, 0.15) is 19.3 Å². The fourth-order valence-corrected chi connectivity index (χ4v) is 11.2. The number of phosphoric acid groups is 1. The highest BCUT2D eigenvalue weighted by Gasteiger charge is 2.30. The molecule has 0 radical (unpaired) electrons. The number of amides is 1. The molecule has 0 aromatic carbocycles. The lowest BCUT2D eigenvalue weighted by atomic mass is 10.0. The highest BCUT2D eigenvalue weighted by atomic mass is 31.2. The van der Waals surface area contributed by atoms with Gasteiger partial charge in [-0.25, -0.2) is 4.57 Å². The summed E-state index contributed by atoms with van der Waals surface area (Å²) in [5.74, 6) is -0.529. The summed E-state index contributed by atoms with van der Waals surface area (Å²) >= 11 is 0. The van der Waals surface area contributed by atoms with E-state index >= 15 is 0 Å². The number of carbonyl (C=O) groups excluding carboxylic acids is 2. The third-order valence-corrected chi connectivity index (χ3v) is 17.2. The Kier molecular flexibility index (Phi) is 65.0. The van der Waals surface area contributed by atoms with E-state index in [4.69, 9.17) is 13.8 Å². The zero-order valence-electron chi connectivity index (χ0n) is 58.9. The number of hydrogen-bond acceptors (Lipinski definition) is 6. The molecule has 89 heavy (non-hydrogen) atoms. The molecule has 0 aromatic rings.